The van der Waals surface area contributed by atoms with E-state index >= 15 is 0 Å². The second-order valence-corrected chi connectivity index (χ2v) is 6.16. The normalized spacial score (nSPS) is 11.0. The molecular formula is C17H18ClN5O. The molecule has 0 aliphatic rings. The van der Waals surface area contributed by atoms with Gasteiger partial charge in [-0.3, -0.25) is 0 Å². The lowest BCUT2D eigenvalue weighted by Crippen LogP contribution is -2.12. The Morgan fingerprint density at radius 1 is 1.12 bits per heavy atom. The molecule has 0 radical (unpaired) electrons. The first-order valence-corrected chi connectivity index (χ1v) is 7.87. The first-order valence-electron chi connectivity index (χ1n) is 7.49. The van der Waals surface area contributed by atoms with Crippen molar-refractivity contribution >= 4 is 11.6 Å². The highest BCUT2D eigenvalue weighted by Gasteiger charge is 2.11. The minimum Gasteiger partial charge on any atom is -0.457 e. The summed E-state index contributed by atoms with van der Waals surface area (Å²) in [5, 5.41) is 12.3. The van der Waals surface area contributed by atoms with Crippen molar-refractivity contribution in [1.29, 1.82) is 0 Å². The Bertz CT molecular complexity index is 829. The van der Waals surface area contributed by atoms with Crippen LogP contribution in [0.3, 0.4) is 0 Å². The maximum atomic E-state index is 6.02. The minimum absolute atomic E-state index is 0.681. The molecule has 0 fully saturated rings. The van der Waals surface area contributed by atoms with Crippen molar-refractivity contribution in [2.24, 2.45) is 0 Å². The summed E-state index contributed by atoms with van der Waals surface area (Å²) >= 11 is 5.92. The Kier molecular flexibility index (Phi) is 4.78. The Labute approximate surface area is 145 Å². The zero-order valence-corrected chi connectivity index (χ0v) is 14.5. The van der Waals surface area contributed by atoms with Gasteiger partial charge in [-0.05, 0) is 73.9 Å². The molecule has 0 spiro atoms. The van der Waals surface area contributed by atoms with E-state index in [1.165, 1.54) is 0 Å². The van der Waals surface area contributed by atoms with E-state index in [4.69, 9.17) is 16.3 Å². The summed E-state index contributed by atoms with van der Waals surface area (Å²) < 4.78 is 7.72. The highest BCUT2D eigenvalue weighted by Crippen LogP contribution is 2.29. The van der Waals surface area contributed by atoms with Gasteiger partial charge in [-0.2, -0.15) is 4.68 Å². The van der Waals surface area contributed by atoms with Crippen LogP contribution in [0.25, 0.3) is 5.69 Å². The smallest absolute Gasteiger partial charge is 0.153 e. The molecular weight excluding hydrogens is 326 g/mol. The highest BCUT2D eigenvalue weighted by molar-refractivity contribution is 6.30. The van der Waals surface area contributed by atoms with E-state index in [-0.39, 0.29) is 0 Å². The van der Waals surface area contributed by atoms with Gasteiger partial charge in [-0.15, -0.1) is 5.10 Å². The Morgan fingerprint density at radius 2 is 1.88 bits per heavy atom. The van der Waals surface area contributed by atoms with Crippen LogP contribution in [0.5, 0.6) is 11.5 Å². The molecule has 124 valence electrons. The lowest BCUT2D eigenvalue weighted by Gasteiger charge is -2.16. The van der Waals surface area contributed by atoms with Crippen LogP contribution >= 0.6 is 11.6 Å². The molecule has 0 saturated carbocycles. The summed E-state index contributed by atoms with van der Waals surface area (Å²) in [6.45, 7) is 2.60. The molecule has 0 aliphatic heterocycles. The van der Waals surface area contributed by atoms with E-state index < -0.39 is 0 Å². The molecule has 0 N–H and O–H groups in total. The number of rotatable bonds is 5. The fraction of sp³-hybridized carbons (Fsp3) is 0.235. The van der Waals surface area contributed by atoms with Gasteiger partial charge in [0.25, 0.3) is 0 Å². The molecule has 6 nitrogen and oxygen atoms in total. The van der Waals surface area contributed by atoms with Crippen molar-refractivity contribution in [3.8, 4) is 17.2 Å². The van der Waals surface area contributed by atoms with Crippen molar-refractivity contribution in [2.45, 2.75) is 13.5 Å². The van der Waals surface area contributed by atoms with E-state index in [1.807, 2.05) is 51.4 Å². The predicted molar refractivity (Wildman–Crippen MR) is 92.8 cm³/mol. The molecule has 24 heavy (non-hydrogen) atoms. The first-order chi connectivity index (χ1) is 11.5. The van der Waals surface area contributed by atoms with Gasteiger partial charge in [-0.25, -0.2) is 0 Å². The van der Waals surface area contributed by atoms with E-state index in [9.17, 15) is 0 Å². The van der Waals surface area contributed by atoms with Crippen molar-refractivity contribution in [3.05, 3.63) is 58.9 Å². The van der Waals surface area contributed by atoms with Gasteiger partial charge in [0.2, 0.25) is 0 Å². The molecule has 0 atom stereocenters. The summed E-state index contributed by atoms with van der Waals surface area (Å²) in [5.41, 5.74) is 1.94. The van der Waals surface area contributed by atoms with Gasteiger partial charge in [-0.1, -0.05) is 11.6 Å². The van der Waals surface area contributed by atoms with Gasteiger partial charge < -0.3 is 9.64 Å². The van der Waals surface area contributed by atoms with E-state index in [0.29, 0.717) is 5.02 Å². The van der Waals surface area contributed by atoms with E-state index in [1.54, 1.807) is 16.8 Å². The van der Waals surface area contributed by atoms with Crippen LogP contribution < -0.4 is 4.74 Å². The van der Waals surface area contributed by atoms with Crippen LogP contribution in [0.2, 0.25) is 5.02 Å². The standard InChI is InChI=1S/C17H18ClN5O/c1-12-19-20-21-23(12)15-6-9-17(13(10-15)11-22(2)3)24-16-7-4-14(18)5-8-16/h4-10H,11H2,1-3H3. The Morgan fingerprint density at radius 3 is 2.50 bits per heavy atom. The molecule has 0 bridgehead atoms. The molecule has 0 saturated heterocycles. The van der Waals surface area contributed by atoms with Crippen LogP contribution in [-0.4, -0.2) is 39.2 Å². The second-order valence-electron chi connectivity index (χ2n) is 5.72. The highest BCUT2D eigenvalue weighted by atomic mass is 35.5. The van der Waals surface area contributed by atoms with Gasteiger partial charge in [0.1, 0.15) is 11.5 Å². The van der Waals surface area contributed by atoms with Gasteiger partial charge in [0.15, 0.2) is 5.82 Å². The van der Waals surface area contributed by atoms with Crippen molar-refractivity contribution in [2.75, 3.05) is 14.1 Å². The summed E-state index contributed by atoms with van der Waals surface area (Å²) in [6.07, 6.45) is 0. The minimum atomic E-state index is 0.681. The monoisotopic (exact) mass is 343 g/mol. The molecule has 3 rings (SSSR count). The predicted octanol–water partition coefficient (Wildman–Crippen LogP) is 3.48. The maximum absolute atomic E-state index is 6.02. The third-order valence-corrected chi connectivity index (χ3v) is 3.69. The summed E-state index contributed by atoms with van der Waals surface area (Å²) in [5.74, 6) is 2.27. The molecule has 0 amide bonds. The fourth-order valence-corrected chi connectivity index (χ4v) is 2.49. The molecule has 0 aliphatic carbocycles. The average molecular weight is 344 g/mol. The number of hydrogen-bond donors (Lipinski definition) is 0. The van der Waals surface area contributed by atoms with Crippen LogP contribution in [0, 0.1) is 6.92 Å². The third kappa shape index (κ3) is 3.72. The molecule has 3 aromatic rings. The van der Waals surface area contributed by atoms with Crippen LogP contribution in [-0.2, 0) is 6.54 Å². The van der Waals surface area contributed by atoms with Gasteiger partial charge >= 0.3 is 0 Å². The SMILES string of the molecule is Cc1nnnn1-c1ccc(Oc2ccc(Cl)cc2)c(CN(C)C)c1. The lowest BCUT2D eigenvalue weighted by atomic mass is 10.1. The largest absolute Gasteiger partial charge is 0.457 e. The summed E-state index contributed by atoms with van der Waals surface area (Å²) in [7, 11) is 4.03. The number of tetrazole rings is 1. The molecule has 0 unspecified atom stereocenters. The number of aromatic nitrogens is 4. The summed E-state index contributed by atoms with van der Waals surface area (Å²) in [6, 6.07) is 13.2. The molecule has 1 heterocycles. The van der Waals surface area contributed by atoms with E-state index in [0.717, 1.165) is 35.1 Å². The number of hydrogen-bond acceptors (Lipinski definition) is 5. The number of nitrogens with zero attached hydrogens (tertiary/aromatic N) is 5. The lowest BCUT2D eigenvalue weighted by molar-refractivity contribution is 0.388. The quantitative estimate of drug-likeness (QED) is 0.710. The van der Waals surface area contributed by atoms with Crippen molar-refractivity contribution in [1.82, 2.24) is 25.1 Å². The number of benzene rings is 2. The third-order valence-electron chi connectivity index (χ3n) is 3.44. The zero-order chi connectivity index (χ0) is 17.1. The van der Waals surface area contributed by atoms with Crippen LogP contribution in [0.15, 0.2) is 42.5 Å². The second kappa shape index (κ2) is 6.98. The van der Waals surface area contributed by atoms with E-state index in [2.05, 4.69) is 20.4 Å². The van der Waals surface area contributed by atoms with Crippen molar-refractivity contribution < 1.29 is 4.74 Å². The Balaban J connectivity index is 1.96. The summed E-state index contributed by atoms with van der Waals surface area (Å²) in [4.78, 5) is 2.08. The van der Waals surface area contributed by atoms with Crippen LogP contribution in [0.4, 0.5) is 0 Å². The number of aryl methyl sites for hydroxylation is 1. The van der Waals surface area contributed by atoms with Gasteiger partial charge in [0, 0.05) is 17.1 Å². The zero-order valence-electron chi connectivity index (χ0n) is 13.8. The number of ether oxygens (including phenoxy) is 1. The fourth-order valence-electron chi connectivity index (χ4n) is 2.36. The Hall–Kier alpha value is -2.44. The van der Waals surface area contributed by atoms with Crippen molar-refractivity contribution in [3.63, 3.8) is 0 Å². The van der Waals surface area contributed by atoms with Crippen LogP contribution in [0.1, 0.15) is 11.4 Å². The topological polar surface area (TPSA) is 56.1 Å². The molecule has 2 aromatic carbocycles. The molecule has 7 heteroatoms. The number of halogens is 1. The van der Waals surface area contributed by atoms with Gasteiger partial charge in [0.05, 0.1) is 5.69 Å². The molecule has 1 aromatic heterocycles. The average Bonchev–Trinajstić information content (AvgIpc) is 2.97. The maximum Gasteiger partial charge on any atom is 0.153 e. The first kappa shape index (κ1) is 16.4.